The van der Waals surface area contributed by atoms with Crippen LogP contribution in [-0.2, 0) is 14.6 Å². The quantitative estimate of drug-likeness (QED) is 0.631. The van der Waals surface area contributed by atoms with Gasteiger partial charge in [-0.3, -0.25) is 0 Å². The van der Waals surface area contributed by atoms with Gasteiger partial charge in [-0.25, -0.2) is 13.4 Å². The molecule has 0 amide bonds. The molecule has 0 spiro atoms. The number of fused-ring (bicyclic) bond motifs is 1. The van der Waals surface area contributed by atoms with Crippen LogP contribution in [-0.4, -0.2) is 58.5 Å². The molecule has 29 heavy (non-hydrogen) atoms. The van der Waals surface area contributed by atoms with Crippen molar-refractivity contribution in [3.05, 3.63) is 41.2 Å². The van der Waals surface area contributed by atoms with Crippen molar-refractivity contribution in [2.75, 3.05) is 38.4 Å². The summed E-state index contributed by atoms with van der Waals surface area (Å²) in [4.78, 5) is 12.5. The van der Waals surface area contributed by atoms with Crippen LogP contribution in [0.25, 0.3) is 5.70 Å². The number of hydrogen-bond donors (Lipinski definition) is 3. The normalized spacial score (nSPS) is 19.0. The standard InChI is InChI=1S/C19H23N5O4S/c1-27-17-9-13(29(2,25)26)3-4-15(17)23-19-21-10-16(22-12-6-8-28-11-12)14-5-7-20-18(14)24-19/h3-5,7,9,12,22H,6,8,10-11H2,1-2H3,(H2,20,21,23,24)/t12-/m1/s1. The fourth-order valence-corrected chi connectivity index (χ4v) is 3.92. The summed E-state index contributed by atoms with van der Waals surface area (Å²) in [6, 6.07) is 6.88. The summed E-state index contributed by atoms with van der Waals surface area (Å²) < 4.78 is 34.4. The summed E-state index contributed by atoms with van der Waals surface area (Å²) in [5.41, 5.74) is 2.26. The Hall–Kier alpha value is -2.85. The molecule has 10 heteroatoms. The van der Waals surface area contributed by atoms with E-state index in [2.05, 4.69) is 25.6 Å². The van der Waals surface area contributed by atoms with Crippen molar-refractivity contribution in [3.63, 3.8) is 0 Å². The number of aliphatic imine (C=N–C) groups is 1. The lowest BCUT2D eigenvalue weighted by atomic mass is 10.2. The zero-order valence-electron chi connectivity index (χ0n) is 16.2. The van der Waals surface area contributed by atoms with Crippen LogP contribution in [0.1, 0.15) is 6.42 Å². The van der Waals surface area contributed by atoms with Crippen molar-refractivity contribution in [1.29, 1.82) is 0 Å². The molecule has 2 aliphatic rings. The van der Waals surface area contributed by atoms with E-state index in [1.54, 1.807) is 6.07 Å². The van der Waals surface area contributed by atoms with E-state index in [-0.39, 0.29) is 10.9 Å². The van der Waals surface area contributed by atoms with Gasteiger partial charge in [0, 0.05) is 36.0 Å². The lowest BCUT2D eigenvalue weighted by Gasteiger charge is -2.14. The Morgan fingerprint density at radius 3 is 2.90 bits per heavy atom. The van der Waals surface area contributed by atoms with Crippen molar-refractivity contribution in [2.45, 2.75) is 17.4 Å². The Morgan fingerprint density at radius 1 is 1.31 bits per heavy atom. The first-order valence-electron chi connectivity index (χ1n) is 9.23. The Morgan fingerprint density at radius 2 is 2.17 bits per heavy atom. The van der Waals surface area contributed by atoms with Crippen molar-refractivity contribution in [2.24, 2.45) is 9.98 Å². The van der Waals surface area contributed by atoms with E-state index in [0.717, 1.165) is 30.2 Å². The number of sulfone groups is 1. The summed E-state index contributed by atoms with van der Waals surface area (Å²) in [5, 5.41) is 7.63. The number of aromatic nitrogens is 1. The molecular formula is C19H23N5O4S. The van der Waals surface area contributed by atoms with Crippen LogP contribution in [0.5, 0.6) is 5.75 Å². The Bertz CT molecular complexity index is 1160. The second-order valence-corrected chi connectivity index (χ2v) is 8.95. The van der Waals surface area contributed by atoms with Crippen molar-refractivity contribution in [3.8, 4) is 5.75 Å². The molecule has 9 nitrogen and oxygen atoms in total. The van der Waals surface area contributed by atoms with Crippen molar-refractivity contribution in [1.82, 2.24) is 10.3 Å². The number of benzene rings is 1. The number of nitrogens with zero attached hydrogens (tertiary/aromatic N) is 2. The maximum absolute atomic E-state index is 11.8. The third kappa shape index (κ3) is 4.28. The van der Waals surface area contributed by atoms with E-state index in [0.29, 0.717) is 36.0 Å². The fraction of sp³-hybridized carbons (Fsp3) is 0.368. The predicted octanol–water partition coefficient (Wildman–Crippen LogP) is 0.0148. The minimum Gasteiger partial charge on any atom is -0.495 e. The highest BCUT2D eigenvalue weighted by Gasteiger charge is 2.18. The second-order valence-electron chi connectivity index (χ2n) is 6.93. The topological polar surface area (TPSA) is 117 Å². The van der Waals surface area contributed by atoms with Gasteiger partial charge in [-0.15, -0.1) is 0 Å². The molecule has 1 aromatic heterocycles. The predicted molar refractivity (Wildman–Crippen MR) is 109 cm³/mol. The number of methoxy groups -OCH3 is 1. The third-order valence-electron chi connectivity index (χ3n) is 4.81. The Balaban J connectivity index is 1.62. The number of aromatic amines is 1. The molecule has 2 aromatic rings. The van der Waals surface area contributed by atoms with Crippen LogP contribution in [0.2, 0.25) is 0 Å². The van der Waals surface area contributed by atoms with E-state index in [1.165, 1.54) is 19.2 Å². The largest absolute Gasteiger partial charge is 0.495 e. The maximum atomic E-state index is 11.8. The van der Waals surface area contributed by atoms with Gasteiger partial charge >= 0.3 is 0 Å². The number of hydrogen-bond acceptors (Lipinski definition) is 8. The number of ether oxygens (including phenoxy) is 2. The fourth-order valence-electron chi connectivity index (χ4n) is 3.29. The van der Waals surface area contributed by atoms with Gasteiger partial charge in [-0.05, 0) is 24.6 Å². The van der Waals surface area contributed by atoms with Gasteiger partial charge < -0.3 is 25.1 Å². The molecule has 1 atom stereocenters. The van der Waals surface area contributed by atoms with Crippen LogP contribution in [0.3, 0.4) is 0 Å². The first-order valence-corrected chi connectivity index (χ1v) is 11.1. The molecule has 1 aromatic carbocycles. The van der Waals surface area contributed by atoms with Gasteiger partial charge in [0.05, 0.1) is 36.9 Å². The van der Waals surface area contributed by atoms with Crippen LogP contribution < -0.4 is 26.1 Å². The molecule has 1 saturated heterocycles. The average Bonchev–Trinajstić information content (AvgIpc) is 3.33. The maximum Gasteiger partial charge on any atom is 0.225 e. The number of nitrogens with one attached hydrogen (secondary N) is 3. The van der Waals surface area contributed by atoms with Gasteiger partial charge in [0.25, 0.3) is 0 Å². The summed E-state index contributed by atoms with van der Waals surface area (Å²) in [6.45, 7) is 1.87. The summed E-state index contributed by atoms with van der Waals surface area (Å²) in [7, 11) is -1.84. The molecule has 0 radical (unpaired) electrons. The number of H-pyrrole nitrogens is 1. The van der Waals surface area contributed by atoms with Gasteiger partial charge in [0.15, 0.2) is 9.84 Å². The summed E-state index contributed by atoms with van der Waals surface area (Å²) >= 11 is 0. The Labute approximate surface area is 168 Å². The molecule has 3 N–H and O–H groups in total. The lowest BCUT2D eigenvalue weighted by Crippen LogP contribution is -2.36. The van der Waals surface area contributed by atoms with Crippen molar-refractivity contribution < 1.29 is 17.9 Å². The zero-order chi connectivity index (χ0) is 20.4. The second kappa shape index (κ2) is 7.88. The molecular weight excluding hydrogens is 394 g/mol. The lowest BCUT2D eigenvalue weighted by molar-refractivity contribution is 0.192. The molecule has 0 aliphatic carbocycles. The summed E-state index contributed by atoms with van der Waals surface area (Å²) in [6.07, 6.45) is 3.95. The molecule has 1 fully saturated rings. The molecule has 0 unspecified atom stereocenters. The van der Waals surface area contributed by atoms with E-state index in [9.17, 15) is 8.42 Å². The summed E-state index contributed by atoms with van der Waals surface area (Å²) in [5.74, 6) is 0.797. The smallest absolute Gasteiger partial charge is 0.225 e. The SMILES string of the molecule is COc1cc(S(C)(=O)=O)ccc1NC1=NCC(N[C@@H]2CCOC2)=c2cc[nH]c2=N1. The van der Waals surface area contributed by atoms with Crippen LogP contribution in [0.4, 0.5) is 5.69 Å². The van der Waals surface area contributed by atoms with Gasteiger partial charge in [-0.2, -0.15) is 4.99 Å². The number of anilines is 1. The molecule has 4 rings (SSSR count). The highest BCUT2D eigenvalue weighted by Crippen LogP contribution is 2.27. The van der Waals surface area contributed by atoms with Gasteiger partial charge in [0.2, 0.25) is 5.96 Å². The highest BCUT2D eigenvalue weighted by atomic mass is 32.2. The van der Waals surface area contributed by atoms with E-state index >= 15 is 0 Å². The van der Waals surface area contributed by atoms with E-state index in [4.69, 9.17) is 9.47 Å². The number of rotatable bonds is 5. The number of guanidine groups is 1. The first-order chi connectivity index (χ1) is 13.9. The van der Waals surface area contributed by atoms with Crippen molar-refractivity contribution >= 4 is 27.2 Å². The van der Waals surface area contributed by atoms with E-state index < -0.39 is 9.84 Å². The third-order valence-corrected chi connectivity index (χ3v) is 5.92. The molecule has 0 bridgehead atoms. The first kappa shape index (κ1) is 19.5. The van der Waals surface area contributed by atoms with Gasteiger partial charge in [0.1, 0.15) is 11.2 Å². The zero-order valence-corrected chi connectivity index (χ0v) is 17.0. The molecule has 154 valence electrons. The minimum absolute atomic E-state index is 0.185. The van der Waals surface area contributed by atoms with Crippen LogP contribution >= 0.6 is 0 Å². The van der Waals surface area contributed by atoms with Crippen LogP contribution in [0, 0.1) is 0 Å². The molecule has 2 aliphatic heterocycles. The minimum atomic E-state index is -3.33. The molecule has 0 saturated carbocycles. The molecule has 3 heterocycles. The Kier molecular flexibility index (Phi) is 5.29. The van der Waals surface area contributed by atoms with Crippen LogP contribution in [0.15, 0.2) is 45.3 Å². The van der Waals surface area contributed by atoms with Gasteiger partial charge in [-0.1, -0.05) is 0 Å². The average molecular weight is 417 g/mol. The highest BCUT2D eigenvalue weighted by molar-refractivity contribution is 7.90. The monoisotopic (exact) mass is 417 g/mol. The van der Waals surface area contributed by atoms with E-state index in [1.807, 2.05) is 12.3 Å².